The summed E-state index contributed by atoms with van der Waals surface area (Å²) in [6.45, 7) is 5.66. The van der Waals surface area contributed by atoms with E-state index in [1.807, 2.05) is 11.1 Å². The molecular formula is C18H31N5O. The Kier molecular flexibility index (Phi) is 5.76. The fourth-order valence-corrected chi connectivity index (χ4v) is 3.90. The van der Waals surface area contributed by atoms with Crippen LogP contribution >= 0.6 is 0 Å². The van der Waals surface area contributed by atoms with Crippen LogP contribution in [0.5, 0.6) is 0 Å². The number of amides is 2. The second-order valence-electron chi connectivity index (χ2n) is 7.40. The number of hydrogen-bond acceptors (Lipinski definition) is 3. The smallest absolute Gasteiger partial charge is 0.320 e. The van der Waals surface area contributed by atoms with Crippen LogP contribution in [0.3, 0.4) is 0 Å². The molecule has 1 unspecified atom stereocenters. The summed E-state index contributed by atoms with van der Waals surface area (Å²) in [4.78, 5) is 23.6. The number of urea groups is 1. The predicted molar refractivity (Wildman–Crippen MR) is 95.1 cm³/mol. The van der Waals surface area contributed by atoms with E-state index in [2.05, 4.69) is 39.6 Å². The van der Waals surface area contributed by atoms with Gasteiger partial charge >= 0.3 is 6.03 Å². The van der Waals surface area contributed by atoms with Gasteiger partial charge in [0.05, 0.1) is 0 Å². The molecule has 24 heavy (non-hydrogen) atoms. The van der Waals surface area contributed by atoms with Gasteiger partial charge in [0, 0.05) is 51.0 Å². The highest BCUT2D eigenvalue weighted by Gasteiger charge is 2.30. The third-order valence-electron chi connectivity index (χ3n) is 5.19. The highest BCUT2D eigenvalue weighted by Crippen LogP contribution is 2.27. The van der Waals surface area contributed by atoms with Gasteiger partial charge < -0.3 is 19.3 Å². The molecule has 0 radical (unpaired) electrons. The van der Waals surface area contributed by atoms with Crippen molar-refractivity contribution in [3.63, 3.8) is 0 Å². The van der Waals surface area contributed by atoms with Crippen LogP contribution in [-0.4, -0.2) is 77.1 Å². The predicted octanol–water partition coefficient (Wildman–Crippen LogP) is 2.23. The largest absolute Gasteiger partial charge is 0.335 e. The second-order valence-corrected chi connectivity index (χ2v) is 7.40. The molecule has 134 valence electrons. The standard InChI is InChI=1S/C18H31N5O/c1-20(2)9-6-13-21-14-8-19-17(21)16-7-5-12-23(15-16)18(24)22-10-3-4-11-22/h8,14,16H,3-7,9-13,15H2,1-2H3. The lowest BCUT2D eigenvalue weighted by molar-refractivity contribution is 0.145. The molecule has 3 heterocycles. The van der Waals surface area contributed by atoms with Gasteiger partial charge in [-0.1, -0.05) is 0 Å². The highest BCUT2D eigenvalue weighted by molar-refractivity contribution is 5.74. The molecule has 3 rings (SSSR count). The molecule has 0 saturated carbocycles. The van der Waals surface area contributed by atoms with Crippen molar-refractivity contribution < 1.29 is 4.79 Å². The zero-order valence-electron chi connectivity index (χ0n) is 15.2. The zero-order chi connectivity index (χ0) is 16.9. The number of rotatable bonds is 5. The van der Waals surface area contributed by atoms with Gasteiger partial charge in [0.25, 0.3) is 0 Å². The molecule has 1 aromatic heterocycles. The molecule has 1 aromatic rings. The minimum absolute atomic E-state index is 0.239. The maximum atomic E-state index is 12.7. The average molecular weight is 333 g/mol. The lowest BCUT2D eigenvalue weighted by atomic mass is 9.97. The van der Waals surface area contributed by atoms with E-state index >= 15 is 0 Å². The Morgan fingerprint density at radius 3 is 2.71 bits per heavy atom. The number of aromatic nitrogens is 2. The summed E-state index contributed by atoms with van der Waals surface area (Å²) < 4.78 is 2.29. The quantitative estimate of drug-likeness (QED) is 0.830. The van der Waals surface area contributed by atoms with Gasteiger partial charge in [-0.3, -0.25) is 0 Å². The van der Waals surface area contributed by atoms with E-state index < -0.39 is 0 Å². The summed E-state index contributed by atoms with van der Waals surface area (Å²) in [6, 6.07) is 0.239. The van der Waals surface area contributed by atoms with Gasteiger partial charge in [0.1, 0.15) is 5.82 Å². The summed E-state index contributed by atoms with van der Waals surface area (Å²) in [5.74, 6) is 1.53. The summed E-state index contributed by atoms with van der Waals surface area (Å²) in [5, 5.41) is 0. The van der Waals surface area contributed by atoms with E-state index in [9.17, 15) is 4.79 Å². The highest BCUT2D eigenvalue weighted by atomic mass is 16.2. The van der Waals surface area contributed by atoms with E-state index in [0.29, 0.717) is 5.92 Å². The molecule has 0 aromatic carbocycles. The Hall–Kier alpha value is -1.56. The molecule has 2 aliphatic heterocycles. The molecule has 2 amide bonds. The molecule has 0 spiro atoms. The van der Waals surface area contributed by atoms with Crippen molar-refractivity contribution in [3.05, 3.63) is 18.2 Å². The van der Waals surface area contributed by atoms with Crippen LogP contribution in [0.25, 0.3) is 0 Å². The number of piperidine rings is 1. The minimum atomic E-state index is 0.239. The molecular weight excluding hydrogens is 302 g/mol. The molecule has 2 saturated heterocycles. The topological polar surface area (TPSA) is 44.6 Å². The SMILES string of the molecule is CN(C)CCCn1ccnc1C1CCCN(C(=O)N2CCCC2)C1. The van der Waals surface area contributed by atoms with Crippen LogP contribution in [0, 0.1) is 0 Å². The van der Waals surface area contributed by atoms with Crippen LogP contribution in [-0.2, 0) is 6.54 Å². The number of imidazole rings is 1. The van der Waals surface area contributed by atoms with Crippen molar-refractivity contribution in [3.8, 4) is 0 Å². The van der Waals surface area contributed by atoms with Crippen molar-refractivity contribution in [2.45, 2.75) is 44.6 Å². The number of likely N-dealkylation sites (tertiary alicyclic amines) is 2. The normalized spacial score (nSPS) is 21.7. The lowest BCUT2D eigenvalue weighted by Crippen LogP contribution is -2.46. The van der Waals surface area contributed by atoms with E-state index in [-0.39, 0.29) is 6.03 Å². The first kappa shape index (κ1) is 17.3. The Labute approximate surface area is 145 Å². The molecule has 0 aliphatic carbocycles. The number of carbonyl (C=O) groups excluding carboxylic acids is 1. The number of hydrogen-bond donors (Lipinski definition) is 0. The molecule has 1 atom stereocenters. The Morgan fingerprint density at radius 2 is 1.96 bits per heavy atom. The Morgan fingerprint density at radius 1 is 1.21 bits per heavy atom. The van der Waals surface area contributed by atoms with Crippen molar-refractivity contribution in [2.24, 2.45) is 0 Å². The number of nitrogens with zero attached hydrogens (tertiary/aromatic N) is 5. The van der Waals surface area contributed by atoms with Gasteiger partial charge in [0.2, 0.25) is 0 Å². The molecule has 0 N–H and O–H groups in total. The Bertz CT molecular complexity index is 535. The van der Waals surface area contributed by atoms with Gasteiger partial charge in [-0.05, 0) is 52.7 Å². The molecule has 6 nitrogen and oxygen atoms in total. The van der Waals surface area contributed by atoms with Crippen LogP contribution in [0.15, 0.2) is 12.4 Å². The van der Waals surface area contributed by atoms with E-state index in [1.165, 1.54) is 0 Å². The van der Waals surface area contributed by atoms with E-state index in [0.717, 1.165) is 77.2 Å². The van der Waals surface area contributed by atoms with Crippen molar-refractivity contribution in [1.82, 2.24) is 24.3 Å². The third-order valence-corrected chi connectivity index (χ3v) is 5.19. The first-order valence-electron chi connectivity index (χ1n) is 9.35. The van der Waals surface area contributed by atoms with Crippen LogP contribution in [0.4, 0.5) is 4.79 Å². The first-order valence-corrected chi connectivity index (χ1v) is 9.35. The average Bonchev–Trinajstić information content (AvgIpc) is 3.26. The minimum Gasteiger partial charge on any atom is -0.335 e. The van der Waals surface area contributed by atoms with Crippen molar-refractivity contribution >= 4 is 6.03 Å². The number of aryl methyl sites for hydroxylation is 1. The van der Waals surface area contributed by atoms with Gasteiger partial charge in [-0.25, -0.2) is 9.78 Å². The van der Waals surface area contributed by atoms with Gasteiger partial charge in [-0.2, -0.15) is 0 Å². The van der Waals surface area contributed by atoms with Gasteiger partial charge in [0.15, 0.2) is 0 Å². The van der Waals surface area contributed by atoms with E-state index in [4.69, 9.17) is 0 Å². The fourth-order valence-electron chi connectivity index (χ4n) is 3.90. The lowest BCUT2D eigenvalue weighted by Gasteiger charge is -2.35. The molecule has 0 bridgehead atoms. The molecule has 2 aliphatic rings. The van der Waals surface area contributed by atoms with E-state index in [1.54, 1.807) is 0 Å². The molecule has 6 heteroatoms. The Balaban J connectivity index is 1.60. The maximum absolute atomic E-state index is 12.7. The van der Waals surface area contributed by atoms with Gasteiger partial charge in [-0.15, -0.1) is 0 Å². The summed E-state index contributed by atoms with van der Waals surface area (Å²) in [6.07, 6.45) is 9.64. The first-order chi connectivity index (χ1) is 11.6. The summed E-state index contributed by atoms with van der Waals surface area (Å²) in [7, 11) is 4.22. The monoisotopic (exact) mass is 333 g/mol. The van der Waals surface area contributed by atoms with Crippen molar-refractivity contribution in [2.75, 3.05) is 46.8 Å². The number of carbonyl (C=O) groups is 1. The molecule has 2 fully saturated rings. The van der Waals surface area contributed by atoms with Crippen LogP contribution in [0.1, 0.15) is 43.8 Å². The fraction of sp³-hybridized carbons (Fsp3) is 0.778. The summed E-state index contributed by atoms with van der Waals surface area (Å²) in [5.41, 5.74) is 0. The third kappa shape index (κ3) is 4.09. The van der Waals surface area contributed by atoms with Crippen LogP contribution < -0.4 is 0 Å². The second kappa shape index (κ2) is 8.01. The maximum Gasteiger partial charge on any atom is 0.320 e. The summed E-state index contributed by atoms with van der Waals surface area (Å²) >= 11 is 0. The van der Waals surface area contributed by atoms with Crippen molar-refractivity contribution in [1.29, 1.82) is 0 Å². The zero-order valence-corrected chi connectivity index (χ0v) is 15.2. The van der Waals surface area contributed by atoms with Crippen LogP contribution in [0.2, 0.25) is 0 Å².